The van der Waals surface area contributed by atoms with E-state index < -0.39 is 60.2 Å². The quantitative estimate of drug-likeness (QED) is 0.121. The van der Waals surface area contributed by atoms with Crippen LogP contribution in [0.15, 0.2) is 30.3 Å². The van der Waals surface area contributed by atoms with Gasteiger partial charge in [0.2, 0.25) is 0 Å². The fourth-order valence-corrected chi connectivity index (χ4v) is 3.14. The van der Waals surface area contributed by atoms with Gasteiger partial charge in [0, 0.05) is 19.3 Å². The first-order valence-electron chi connectivity index (χ1n) is 12.7. The molecule has 222 valence electrons. The Balaban J connectivity index is 0.000000983. The highest BCUT2D eigenvalue weighted by molar-refractivity contribution is 5.96. The van der Waals surface area contributed by atoms with E-state index in [1.165, 1.54) is 0 Å². The number of aliphatic hydroxyl groups is 1. The Hall–Kier alpha value is -4.13. The number of aliphatic carboxylic acids is 3. The zero-order chi connectivity index (χ0) is 30.6. The van der Waals surface area contributed by atoms with Crippen LogP contribution in [-0.2, 0) is 38.2 Å². The Kier molecular flexibility index (Phi) is 17.8. The molecule has 0 aliphatic carbocycles. The molecular weight excluding hydrogens is 532 g/mol. The lowest BCUT2D eigenvalue weighted by Gasteiger charge is -2.18. The molecule has 4 N–H and O–H groups in total. The molecule has 1 aromatic rings. The van der Waals surface area contributed by atoms with Crippen LogP contribution in [0.2, 0.25) is 0 Å². The summed E-state index contributed by atoms with van der Waals surface area (Å²) in [5.74, 6) is -7.42. The molecule has 1 rings (SSSR count). The number of hydrogen-bond acceptors (Lipinski definition) is 10. The molecule has 13 heteroatoms. The summed E-state index contributed by atoms with van der Waals surface area (Å²) < 4.78 is 9.47. The minimum Gasteiger partial charge on any atom is -0.481 e. The maximum atomic E-state index is 11.7. The van der Waals surface area contributed by atoms with Crippen molar-refractivity contribution in [2.45, 2.75) is 89.6 Å². The zero-order valence-electron chi connectivity index (χ0n) is 22.3. The number of ether oxygens (including phenoxy) is 2. The highest BCUT2D eigenvalue weighted by Crippen LogP contribution is 2.15. The van der Waals surface area contributed by atoms with Gasteiger partial charge in [0.15, 0.2) is 5.60 Å². The lowest BCUT2D eigenvalue weighted by Crippen LogP contribution is -2.42. The van der Waals surface area contributed by atoms with Gasteiger partial charge in [0.1, 0.15) is 0 Å². The van der Waals surface area contributed by atoms with E-state index in [4.69, 9.17) is 29.9 Å². The maximum Gasteiger partial charge on any atom is 0.345 e. The van der Waals surface area contributed by atoms with Gasteiger partial charge in [-0.05, 0) is 31.4 Å². The van der Waals surface area contributed by atoms with Gasteiger partial charge in [-0.3, -0.25) is 24.0 Å². The molecule has 0 heterocycles. The molecule has 13 nitrogen and oxygen atoms in total. The van der Waals surface area contributed by atoms with Gasteiger partial charge < -0.3 is 29.9 Å². The Morgan fingerprint density at radius 2 is 1.07 bits per heavy atom. The van der Waals surface area contributed by atoms with E-state index >= 15 is 0 Å². The number of esters is 4. The predicted molar refractivity (Wildman–Crippen MR) is 137 cm³/mol. The highest BCUT2D eigenvalue weighted by Gasteiger charge is 2.40. The van der Waals surface area contributed by atoms with Crippen LogP contribution in [0.1, 0.15) is 94.3 Å². The predicted octanol–water partition coefficient (Wildman–Crippen LogP) is 3.11. The van der Waals surface area contributed by atoms with Crippen molar-refractivity contribution >= 4 is 41.8 Å². The number of benzene rings is 1. The maximum absolute atomic E-state index is 11.7. The third-order valence-electron chi connectivity index (χ3n) is 5.23. The van der Waals surface area contributed by atoms with E-state index in [2.05, 4.69) is 6.92 Å². The molecule has 0 atom stereocenters. The number of carbonyl (C=O) groups is 7. The van der Waals surface area contributed by atoms with E-state index in [1.54, 1.807) is 30.3 Å². The van der Waals surface area contributed by atoms with Crippen LogP contribution in [0, 0.1) is 0 Å². The van der Waals surface area contributed by atoms with Gasteiger partial charge in [-0.2, -0.15) is 0 Å². The number of carboxylic acid groups (broad SMARTS) is 3. The van der Waals surface area contributed by atoms with Crippen molar-refractivity contribution in [2.75, 3.05) is 0 Å². The van der Waals surface area contributed by atoms with E-state index in [9.17, 15) is 33.6 Å². The largest absolute Gasteiger partial charge is 0.481 e. The molecule has 1 aromatic carbocycles. The van der Waals surface area contributed by atoms with Crippen molar-refractivity contribution in [1.82, 2.24) is 0 Å². The number of rotatable bonds is 17. The number of unbranched alkanes of at least 4 members (excludes halogenated alkanes) is 5. The lowest BCUT2D eigenvalue weighted by atomic mass is 9.96. The van der Waals surface area contributed by atoms with Crippen molar-refractivity contribution in [3.63, 3.8) is 0 Å². The molecule has 0 aromatic heterocycles. The van der Waals surface area contributed by atoms with Crippen LogP contribution in [0.3, 0.4) is 0 Å². The average Bonchev–Trinajstić information content (AvgIpc) is 2.86. The molecule has 0 saturated carbocycles. The molecule has 0 saturated heterocycles. The van der Waals surface area contributed by atoms with Crippen LogP contribution >= 0.6 is 0 Å². The van der Waals surface area contributed by atoms with E-state index in [0.29, 0.717) is 18.4 Å². The molecule has 0 radical (unpaired) electrons. The summed E-state index contributed by atoms with van der Waals surface area (Å²) in [4.78, 5) is 76.9. The average molecular weight is 569 g/mol. The first-order valence-corrected chi connectivity index (χ1v) is 12.7. The molecule has 0 spiro atoms. The smallest absolute Gasteiger partial charge is 0.345 e. The molecular formula is C27H36O13. The molecule has 0 amide bonds. The second-order valence-electron chi connectivity index (χ2n) is 8.82. The van der Waals surface area contributed by atoms with Gasteiger partial charge in [-0.15, -0.1) is 0 Å². The second-order valence-corrected chi connectivity index (χ2v) is 8.82. The number of carbonyl (C=O) groups excluding carboxylic acids is 4. The Labute approximate surface area is 231 Å². The molecule has 0 aliphatic heterocycles. The van der Waals surface area contributed by atoms with E-state index in [-0.39, 0.29) is 19.3 Å². The molecule has 0 aliphatic rings. The molecule has 0 fully saturated rings. The first-order chi connectivity index (χ1) is 18.8. The van der Waals surface area contributed by atoms with E-state index in [0.717, 1.165) is 32.1 Å². The summed E-state index contributed by atoms with van der Waals surface area (Å²) in [6, 6.07) is 8.24. The van der Waals surface area contributed by atoms with Crippen molar-refractivity contribution < 1.29 is 63.5 Å². The van der Waals surface area contributed by atoms with Crippen LogP contribution in [-0.4, -0.2) is 67.8 Å². The van der Waals surface area contributed by atoms with Gasteiger partial charge in [-0.1, -0.05) is 50.8 Å². The third-order valence-corrected chi connectivity index (χ3v) is 5.23. The van der Waals surface area contributed by atoms with Gasteiger partial charge in [-0.25, -0.2) is 9.59 Å². The SMILES string of the molecule is CCCCCCCC(=O)OC(=O)CCCCC(=O)OC(=O)c1ccccc1.O=C(O)CC(O)(CC(=O)O)C(=O)O. The Bertz CT molecular complexity index is 985. The van der Waals surface area contributed by atoms with Crippen molar-refractivity contribution in [1.29, 1.82) is 0 Å². The first kappa shape index (κ1) is 35.9. The minimum absolute atomic E-state index is 0.0250. The molecule has 0 bridgehead atoms. The second kappa shape index (κ2) is 19.9. The fraction of sp³-hybridized carbons (Fsp3) is 0.519. The minimum atomic E-state index is -2.74. The normalized spacial score (nSPS) is 10.4. The Morgan fingerprint density at radius 3 is 1.50 bits per heavy atom. The molecule has 40 heavy (non-hydrogen) atoms. The zero-order valence-corrected chi connectivity index (χ0v) is 22.3. The fourth-order valence-electron chi connectivity index (χ4n) is 3.14. The summed E-state index contributed by atoms with van der Waals surface area (Å²) in [6.45, 7) is 2.12. The van der Waals surface area contributed by atoms with Crippen LogP contribution in [0.4, 0.5) is 0 Å². The van der Waals surface area contributed by atoms with Crippen molar-refractivity contribution in [2.24, 2.45) is 0 Å². The molecule has 0 unspecified atom stereocenters. The van der Waals surface area contributed by atoms with Crippen LogP contribution in [0.5, 0.6) is 0 Å². The third kappa shape index (κ3) is 17.4. The summed E-state index contributed by atoms with van der Waals surface area (Å²) in [5.41, 5.74) is -2.43. The van der Waals surface area contributed by atoms with Gasteiger partial charge in [0.25, 0.3) is 0 Å². The Morgan fingerprint density at radius 1 is 0.650 bits per heavy atom. The summed E-state index contributed by atoms with van der Waals surface area (Å²) in [7, 11) is 0. The summed E-state index contributed by atoms with van der Waals surface area (Å²) in [5, 5.41) is 33.8. The highest BCUT2D eigenvalue weighted by atomic mass is 16.6. The van der Waals surface area contributed by atoms with Gasteiger partial charge in [0.05, 0.1) is 18.4 Å². The monoisotopic (exact) mass is 568 g/mol. The van der Waals surface area contributed by atoms with Gasteiger partial charge >= 0.3 is 41.8 Å². The summed E-state index contributed by atoms with van der Waals surface area (Å²) in [6.07, 6.45) is 3.86. The van der Waals surface area contributed by atoms with Crippen molar-refractivity contribution in [3.05, 3.63) is 35.9 Å². The number of carboxylic acids is 3. The standard InChI is InChI=1S/C21H28O6.C6H8O7/c1-2-3-4-5-9-14-18(22)26-19(23)15-10-11-16-20(24)27-21(25)17-12-7-6-8-13-17;7-3(8)1-6(13,5(11)12)2-4(9)10/h6-8,12-13H,2-5,9-11,14-16H2,1H3;13H,1-2H2,(H,7,8)(H,9,10)(H,11,12). The summed E-state index contributed by atoms with van der Waals surface area (Å²) >= 11 is 0. The van der Waals surface area contributed by atoms with Crippen molar-refractivity contribution in [3.8, 4) is 0 Å². The topological polar surface area (TPSA) is 219 Å². The lowest BCUT2D eigenvalue weighted by molar-refractivity contribution is -0.170. The van der Waals surface area contributed by atoms with E-state index in [1.807, 2.05) is 0 Å². The van der Waals surface area contributed by atoms with Crippen LogP contribution in [0.25, 0.3) is 0 Å². The number of hydrogen-bond donors (Lipinski definition) is 4. The van der Waals surface area contributed by atoms with Crippen LogP contribution < -0.4 is 0 Å².